The van der Waals surface area contributed by atoms with Gasteiger partial charge in [0.1, 0.15) is 5.75 Å². The fraction of sp³-hybridized carbons (Fsp3) is 0.333. The van der Waals surface area contributed by atoms with E-state index in [1.807, 2.05) is 31.3 Å². The molecular weight excluding hydrogens is 218 g/mol. The Bertz CT molecular complexity index is 493. The molecule has 0 aromatic heterocycles. The molecule has 88 valence electrons. The SMILES string of the molecule is COc1ccc(C2CN(C#N)C(=O)N2)cc1C. The number of nitrogens with one attached hydrogen (secondary N) is 1. The first-order valence-electron chi connectivity index (χ1n) is 5.28. The predicted molar refractivity (Wildman–Crippen MR) is 61.3 cm³/mol. The highest BCUT2D eigenvalue weighted by Crippen LogP contribution is 2.25. The normalized spacial score (nSPS) is 18.8. The van der Waals surface area contributed by atoms with Crippen LogP contribution in [0.1, 0.15) is 17.2 Å². The summed E-state index contributed by atoms with van der Waals surface area (Å²) in [5.41, 5.74) is 1.99. The molecule has 1 aliphatic rings. The molecule has 1 unspecified atom stereocenters. The Kier molecular flexibility index (Phi) is 2.88. The van der Waals surface area contributed by atoms with Gasteiger partial charge in [0.2, 0.25) is 0 Å². The summed E-state index contributed by atoms with van der Waals surface area (Å²) in [4.78, 5) is 12.5. The largest absolute Gasteiger partial charge is 0.496 e. The highest BCUT2D eigenvalue weighted by atomic mass is 16.5. The van der Waals surface area contributed by atoms with Gasteiger partial charge in [-0.3, -0.25) is 0 Å². The molecule has 0 bridgehead atoms. The number of ether oxygens (including phenoxy) is 1. The number of methoxy groups -OCH3 is 1. The molecule has 1 aliphatic heterocycles. The van der Waals surface area contributed by atoms with Gasteiger partial charge in [0, 0.05) is 0 Å². The Hall–Kier alpha value is -2.22. The van der Waals surface area contributed by atoms with Crippen molar-refractivity contribution in [2.24, 2.45) is 0 Å². The minimum absolute atomic E-state index is 0.133. The second-order valence-electron chi connectivity index (χ2n) is 3.94. The fourth-order valence-electron chi connectivity index (χ4n) is 1.93. The summed E-state index contributed by atoms with van der Waals surface area (Å²) in [6, 6.07) is 5.26. The molecule has 1 fully saturated rings. The van der Waals surface area contributed by atoms with Crippen molar-refractivity contribution in [2.75, 3.05) is 13.7 Å². The molecular formula is C12H13N3O2. The van der Waals surface area contributed by atoms with Gasteiger partial charge in [0.25, 0.3) is 0 Å². The smallest absolute Gasteiger partial charge is 0.331 e. The summed E-state index contributed by atoms with van der Waals surface area (Å²) >= 11 is 0. The molecule has 0 aliphatic carbocycles. The fourth-order valence-corrected chi connectivity index (χ4v) is 1.93. The molecule has 0 saturated carbocycles. The number of benzene rings is 1. The molecule has 1 saturated heterocycles. The minimum atomic E-state index is -0.342. The Balaban J connectivity index is 2.23. The Morgan fingerprint density at radius 1 is 1.59 bits per heavy atom. The van der Waals surface area contributed by atoms with Crippen LogP contribution in [0, 0.1) is 18.4 Å². The zero-order valence-electron chi connectivity index (χ0n) is 9.73. The lowest BCUT2D eigenvalue weighted by atomic mass is 10.0. The quantitative estimate of drug-likeness (QED) is 0.785. The molecule has 0 spiro atoms. The first-order chi connectivity index (χ1) is 8.15. The van der Waals surface area contributed by atoms with Crippen molar-refractivity contribution in [3.63, 3.8) is 0 Å². The van der Waals surface area contributed by atoms with Gasteiger partial charge < -0.3 is 10.1 Å². The highest BCUT2D eigenvalue weighted by Gasteiger charge is 2.29. The van der Waals surface area contributed by atoms with E-state index in [1.165, 1.54) is 0 Å². The molecule has 1 heterocycles. The lowest BCUT2D eigenvalue weighted by molar-refractivity contribution is 0.232. The molecule has 1 aromatic rings. The first-order valence-corrected chi connectivity index (χ1v) is 5.28. The van der Waals surface area contributed by atoms with Crippen LogP contribution < -0.4 is 10.1 Å². The number of carbonyl (C=O) groups excluding carboxylic acids is 1. The van der Waals surface area contributed by atoms with Gasteiger partial charge in [-0.2, -0.15) is 5.26 Å². The summed E-state index contributed by atoms with van der Waals surface area (Å²) < 4.78 is 5.18. The van der Waals surface area contributed by atoms with Gasteiger partial charge >= 0.3 is 6.03 Å². The van der Waals surface area contributed by atoms with Crippen LogP contribution in [0.2, 0.25) is 0 Å². The standard InChI is InChI=1S/C12H13N3O2/c1-8-5-9(3-4-11(8)17-2)10-6-15(7-13)12(16)14-10/h3-5,10H,6H2,1-2H3,(H,14,16). The summed E-state index contributed by atoms with van der Waals surface area (Å²) in [6.07, 6.45) is 1.85. The summed E-state index contributed by atoms with van der Waals surface area (Å²) in [6.45, 7) is 2.32. The second-order valence-corrected chi connectivity index (χ2v) is 3.94. The van der Waals surface area contributed by atoms with E-state index in [9.17, 15) is 4.79 Å². The Morgan fingerprint density at radius 3 is 2.88 bits per heavy atom. The highest BCUT2D eigenvalue weighted by molar-refractivity contribution is 5.78. The lowest BCUT2D eigenvalue weighted by Gasteiger charge is -2.12. The summed E-state index contributed by atoms with van der Waals surface area (Å²) in [5, 5.41) is 11.5. The van der Waals surface area contributed by atoms with E-state index in [-0.39, 0.29) is 12.1 Å². The third-order valence-electron chi connectivity index (χ3n) is 2.85. The van der Waals surface area contributed by atoms with E-state index in [2.05, 4.69) is 5.32 Å². The number of urea groups is 1. The number of nitrogens with zero attached hydrogens (tertiary/aromatic N) is 2. The molecule has 5 heteroatoms. The molecule has 5 nitrogen and oxygen atoms in total. The van der Waals surface area contributed by atoms with Crippen molar-refractivity contribution >= 4 is 6.03 Å². The number of nitriles is 1. The number of hydrogen-bond donors (Lipinski definition) is 1. The van der Waals surface area contributed by atoms with Gasteiger partial charge in [-0.1, -0.05) is 12.1 Å². The summed E-state index contributed by atoms with van der Waals surface area (Å²) in [7, 11) is 1.62. The Morgan fingerprint density at radius 2 is 2.35 bits per heavy atom. The van der Waals surface area contributed by atoms with Crippen molar-refractivity contribution < 1.29 is 9.53 Å². The minimum Gasteiger partial charge on any atom is -0.496 e. The first kappa shape index (κ1) is 11.3. The molecule has 2 amide bonds. The van der Waals surface area contributed by atoms with E-state index in [0.29, 0.717) is 6.54 Å². The maximum absolute atomic E-state index is 11.4. The molecule has 1 N–H and O–H groups in total. The maximum atomic E-state index is 11.4. The van der Waals surface area contributed by atoms with Crippen LogP contribution in [0.3, 0.4) is 0 Å². The summed E-state index contributed by atoms with van der Waals surface area (Å²) in [5.74, 6) is 0.815. The van der Waals surface area contributed by atoms with E-state index < -0.39 is 0 Å². The number of aryl methyl sites for hydroxylation is 1. The number of amides is 2. The van der Waals surface area contributed by atoms with Crippen molar-refractivity contribution in [2.45, 2.75) is 13.0 Å². The lowest BCUT2D eigenvalue weighted by Crippen LogP contribution is -2.23. The van der Waals surface area contributed by atoms with Crippen molar-refractivity contribution in [1.29, 1.82) is 5.26 Å². The third-order valence-corrected chi connectivity index (χ3v) is 2.85. The van der Waals surface area contributed by atoms with E-state index >= 15 is 0 Å². The van der Waals surface area contributed by atoms with Crippen LogP contribution in [0.15, 0.2) is 18.2 Å². The predicted octanol–water partition coefficient (Wildman–Crippen LogP) is 1.55. The number of rotatable bonds is 2. The monoisotopic (exact) mass is 231 g/mol. The van der Waals surface area contributed by atoms with E-state index in [1.54, 1.807) is 7.11 Å². The van der Waals surface area contributed by atoms with Gasteiger partial charge in [0.05, 0.1) is 19.7 Å². The van der Waals surface area contributed by atoms with Gasteiger partial charge in [-0.25, -0.2) is 9.69 Å². The number of hydrogen-bond acceptors (Lipinski definition) is 3. The topological polar surface area (TPSA) is 65.4 Å². The van der Waals surface area contributed by atoms with Crippen LogP contribution in [0.5, 0.6) is 5.75 Å². The van der Waals surface area contributed by atoms with Crippen molar-refractivity contribution in [1.82, 2.24) is 10.2 Å². The maximum Gasteiger partial charge on any atom is 0.331 e. The zero-order valence-corrected chi connectivity index (χ0v) is 9.73. The van der Waals surface area contributed by atoms with Gasteiger partial charge in [-0.15, -0.1) is 0 Å². The molecule has 17 heavy (non-hydrogen) atoms. The van der Waals surface area contributed by atoms with Crippen LogP contribution in [-0.2, 0) is 0 Å². The average molecular weight is 231 g/mol. The number of carbonyl (C=O) groups is 1. The van der Waals surface area contributed by atoms with E-state index in [4.69, 9.17) is 10.00 Å². The van der Waals surface area contributed by atoms with Crippen molar-refractivity contribution in [3.8, 4) is 11.9 Å². The molecule has 0 radical (unpaired) electrons. The van der Waals surface area contributed by atoms with Crippen LogP contribution in [0.25, 0.3) is 0 Å². The second kappa shape index (κ2) is 4.34. The zero-order chi connectivity index (χ0) is 12.4. The van der Waals surface area contributed by atoms with Gasteiger partial charge in [0.15, 0.2) is 6.19 Å². The average Bonchev–Trinajstić information content (AvgIpc) is 2.70. The molecule has 1 atom stereocenters. The van der Waals surface area contributed by atoms with Gasteiger partial charge in [-0.05, 0) is 24.1 Å². The Labute approximate surface area is 99.6 Å². The molecule has 2 rings (SSSR count). The van der Waals surface area contributed by atoms with Crippen LogP contribution in [0.4, 0.5) is 4.79 Å². The van der Waals surface area contributed by atoms with Crippen molar-refractivity contribution in [3.05, 3.63) is 29.3 Å². The molecule has 1 aromatic carbocycles. The third kappa shape index (κ3) is 2.02. The van der Waals surface area contributed by atoms with Crippen LogP contribution >= 0.6 is 0 Å². The van der Waals surface area contributed by atoms with E-state index in [0.717, 1.165) is 21.8 Å². The van der Waals surface area contributed by atoms with Crippen LogP contribution in [-0.4, -0.2) is 24.6 Å².